The Hall–Kier alpha value is -1.26. The molecule has 1 aliphatic rings. The van der Waals surface area contributed by atoms with Crippen LogP contribution in [0, 0.1) is 0 Å². The number of carboxylic acids is 1. The minimum absolute atomic E-state index is 0.0351. The minimum Gasteiger partial charge on any atom is -0.481 e. The topological polar surface area (TPSA) is 78.4 Å². The van der Waals surface area contributed by atoms with E-state index in [-0.39, 0.29) is 18.0 Å². The number of carbonyl (C=O) groups is 2. The largest absolute Gasteiger partial charge is 0.481 e. The summed E-state index contributed by atoms with van der Waals surface area (Å²) in [6.07, 6.45) is 6.90. The molecule has 1 rings (SSSR count). The molecule has 0 unspecified atom stereocenters. The number of rotatable bonds is 8. The molecule has 18 heavy (non-hydrogen) atoms. The normalized spacial score (nSPS) is 16.7. The van der Waals surface area contributed by atoms with E-state index in [2.05, 4.69) is 17.6 Å². The predicted octanol–water partition coefficient (Wildman–Crippen LogP) is 2.26. The lowest BCUT2D eigenvalue weighted by molar-refractivity contribution is -0.137. The number of unbranched alkanes of at least 4 members (excludes halogenated alkanes) is 2. The fraction of sp³-hybridized carbons (Fsp3) is 0.846. The summed E-state index contributed by atoms with van der Waals surface area (Å²) in [4.78, 5) is 21.9. The van der Waals surface area contributed by atoms with Crippen molar-refractivity contribution in [3.63, 3.8) is 0 Å². The first-order valence-corrected chi connectivity index (χ1v) is 6.86. The molecule has 0 bridgehead atoms. The van der Waals surface area contributed by atoms with Gasteiger partial charge >= 0.3 is 12.0 Å². The van der Waals surface area contributed by atoms with Gasteiger partial charge in [0.2, 0.25) is 0 Å². The zero-order valence-electron chi connectivity index (χ0n) is 11.1. The summed E-state index contributed by atoms with van der Waals surface area (Å²) < 4.78 is 0. The van der Waals surface area contributed by atoms with E-state index >= 15 is 0 Å². The van der Waals surface area contributed by atoms with Gasteiger partial charge in [-0.3, -0.25) is 4.79 Å². The molecule has 1 fully saturated rings. The van der Waals surface area contributed by atoms with Gasteiger partial charge in [0.05, 0.1) is 0 Å². The van der Waals surface area contributed by atoms with Crippen molar-refractivity contribution < 1.29 is 14.7 Å². The van der Waals surface area contributed by atoms with Gasteiger partial charge in [0, 0.05) is 18.5 Å². The lowest BCUT2D eigenvalue weighted by atomic mass is 9.75. The van der Waals surface area contributed by atoms with Crippen LogP contribution in [-0.2, 0) is 4.79 Å². The smallest absolute Gasteiger partial charge is 0.315 e. The number of urea groups is 1. The third kappa shape index (κ3) is 4.94. The van der Waals surface area contributed by atoms with E-state index in [0.717, 1.165) is 32.1 Å². The lowest BCUT2D eigenvalue weighted by Crippen LogP contribution is -2.55. The van der Waals surface area contributed by atoms with Crippen molar-refractivity contribution in [3.05, 3.63) is 0 Å². The summed E-state index contributed by atoms with van der Waals surface area (Å²) in [5.74, 6) is -0.754. The van der Waals surface area contributed by atoms with Crippen LogP contribution in [0.1, 0.15) is 58.3 Å². The molecule has 5 heteroatoms. The molecule has 0 aromatic rings. The van der Waals surface area contributed by atoms with Gasteiger partial charge in [0.25, 0.3) is 0 Å². The fourth-order valence-corrected chi connectivity index (χ4v) is 2.24. The summed E-state index contributed by atoms with van der Waals surface area (Å²) >= 11 is 0. The maximum absolute atomic E-state index is 11.6. The van der Waals surface area contributed by atoms with Gasteiger partial charge in [0.1, 0.15) is 0 Å². The summed E-state index contributed by atoms with van der Waals surface area (Å²) in [6, 6.07) is -0.0882. The van der Waals surface area contributed by atoms with E-state index in [9.17, 15) is 9.59 Å². The molecule has 5 nitrogen and oxygen atoms in total. The van der Waals surface area contributed by atoms with Crippen molar-refractivity contribution in [2.45, 2.75) is 63.8 Å². The molecular formula is C13H24N2O3. The number of amides is 2. The molecule has 1 saturated carbocycles. The van der Waals surface area contributed by atoms with Crippen LogP contribution in [-0.4, -0.2) is 29.2 Å². The third-order valence-electron chi connectivity index (χ3n) is 3.72. The Morgan fingerprint density at radius 1 is 1.22 bits per heavy atom. The number of hydrogen-bond donors (Lipinski definition) is 3. The number of hydrogen-bond acceptors (Lipinski definition) is 2. The van der Waals surface area contributed by atoms with Crippen LogP contribution in [0.3, 0.4) is 0 Å². The lowest BCUT2D eigenvalue weighted by Gasteiger charge is -2.41. The molecular weight excluding hydrogens is 232 g/mol. The third-order valence-corrected chi connectivity index (χ3v) is 3.72. The predicted molar refractivity (Wildman–Crippen MR) is 69.5 cm³/mol. The summed E-state index contributed by atoms with van der Waals surface area (Å²) in [7, 11) is 0. The van der Waals surface area contributed by atoms with E-state index in [1.165, 1.54) is 6.42 Å². The van der Waals surface area contributed by atoms with Crippen molar-refractivity contribution in [1.29, 1.82) is 0 Å². The highest BCUT2D eigenvalue weighted by Gasteiger charge is 2.36. The first-order valence-electron chi connectivity index (χ1n) is 6.86. The Morgan fingerprint density at radius 3 is 2.44 bits per heavy atom. The zero-order chi connectivity index (χ0) is 13.4. The van der Waals surface area contributed by atoms with E-state index in [1.807, 2.05) is 0 Å². The molecule has 0 aromatic heterocycles. The summed E-state index contributed by atoms with van der Waals surface area (Å²) in [6.45, 7) is 2.72. The highest BCUT2D eigenvalue weighted by atomic mass is 16.4. The van der Waals surface area contributed by atoms with Gasteiger partial charge in [-0.15, -0.1) is 0 Å². The molecule has 1 aliphatic carbocycles. The zero-order valence-corrected chi connectivity index (χ0v) is 11.1. The van der Waals surface area contributed by atoms with E-state index in [1.54, 1.807) is 0 Å². The van der Waals surface area contributed by atoms with Crippen molar-refractivity contribution in [2.24, 2.45) is 0 Å². The second-order valence-electron chi connectivity index (χ2n) is 5.07. The van der Waals surface area contributed by atoms with Crippen molar-refractivity contribution in [3.8, 4) is 0 Å². The molecule has 0 radical (unpaired) electrons. The van der Waals surface area contributed by atoms with E-state index in [0.29, 0.717) is 13.0 Å². The summed E-state index contributed by atoms with van der Waals surface area (Å²) in [5.41, 5.74) is 0.0351. The summed E-state index contributed by atoms with van der Waals surface area (Å²) in [5, 5.41) is 14.3. The number of carbonyl (C=O) groups excluding carboxylic acids is 1. The van der Waals surface area contributed by atoms with Gasteiger partial charge in [-0.25, -0.2) is 4.79 Å². The highest BCUT2D eigenvalue weighted by Crippen LogP contribution is 2.34. The Balaban J connectivity index is 2.01. The Bertz CT molecular complexity index is 282. The molecule has 2 amide bonds. The molecule has 0 spiro atoms. The molecule has 0 aliphatic heterocycles. The van der Waals surface area contributed by atoms with Crippen LogP contribution < -0.4 is 10.6 Å². The van der Waals surface area contributed by atoms with Crippen LogP contribution in [0.15, 0.2) is 0 Å². The van der Waals surface area contributed by atoms with Gasteiger partial charge < -0.3 is 15.7 Å². The van der Waals surface area contributed by atoms with Crippen LogP contribution in [0.4, 0.5) is 4.79 Å². The quantitative estimate of drug-likeness (QED) is 0.583. The monoisotopic (exact) mass is 256 g/mol. The molecule has 104 valence electrons. The molecule has 0 atom stereocenters. The molecule has 3 N–H and O–H groups in total. The second kappa shape index (κ2) is 7.24. The molecule has 0 heterocycles. The van der Waals surface area contributed by atoms with Crippen molar-refractivity contribution in [1.82, 2.24) is 10.6 Å². The van der Waals surface area contributed by atoms with Crippen molar-refractivity contribution in [2.75, 3.05) is 6.54 Å². The van der Waals surface area contributed by atoms with E-state index in [4.69, 9.17) is 5.11 Å². The first kappa shape index (κ1) is 14.8. The highest BCUT2D eigenvalue weighted by molar-refractivity contribution is 5.74. The maximum Gasteiger partial charge on any atom is 0.315 e. The van der Waals surface area contributed by atoms with Gasteiger partial charge in [-0.1, -0.05) is 13.3 Å². The van der Waals surface area contributed by atoms with Crippen LogP contribution >= 0.6 is 0 Å². The maximum atomic E-state index is 11.6. The van der Waals surface area contributed by atoms with Gasteiger partial charge in [0.15, 0.2) is 0 Å². The minimum atomic E-state index is -0.754. The number of aliphatic carboxylic acids is 1. The Labute approximate surface area is 108 Å². The average molecular weight is 256 g/mol. The van der Waals surface area contributed by atoms with Crippen LogP contribution in [0.5, 0.6) is 0 Å². The Kier molecular flexibility index (Phi) is 5.95. The van der Waals surface area contributed by atoms with E-state index < -0.39 is 5.97 Å². The standard InChI is InChI=1S/C13H24N2O3/c1-2-13(8-6-9-13)15-12(18)14-10-5-3-4-7-11(16)17/h2-10H2,1H3,(H,16,17)(H2,14,15,18). The first-order chi connectivity index (χ1) is 8.58. The SMILES string of the molecule is CCC1(NC(=O)NCCCCCC(=O)O)CCC1. The van der Waals surface area contributed by atoms with Gasteiger partial charge in [-0.2, -0.15) is 0 Å². The molecule has 0 saturated heterocycles. The Morgan fingerprint density at radius 2 is 1.94 bits per heavy atom. The number of carboxylic acid groups (broad SMARTS) is 1. The molecule has 0 aromatic carbocycles. The second-order valence-corrected chi connectivity index (χ2v) is 5.07. The van der Waals surface area contributed by atoms with Crippen molar-refractivity contribution >= 4 is 12.0 Å². The number of nitrogens with one attached hydrogen (secondary N) is 2. The van der Waals surface area contributed by atoms with Crippen LogP contribution in [0.25, 0.3) is 0 Å². The van der Waals surface area contributed by atoms with Crippen LogP contribution in [0.2, 0.25) is 0 Å². The fourth-order valence-electron chi connectivity index (χ4n) is 2.24. The van der Waals surface area contributed by atoms with Gasteiger partial charge in [-0.05, 0) is 38.5 Å². The average Bonchev–Trinajstić information content (AvgIpc) is 2.28.